The molecule has 0 saturated heterocycles. The number of fused-ring (bicyclic) bond motifs is 1. The van der Waals surface area contributed by atoms with Gasteiger partial charge in [-0.3, -0.25) is 0 Å². The fourth-order valence-electron chi connectivity index (χ4n) is 3.26. The summed E-state index contributed by atoms with van der Waals surface area (Å²) in [5.41, 5.74) is -0.603. The van der Waals surface area contributed by atoms with E-state index < -0.39 is 29.8 Å². The first-order valence-corrected chi connectivity index (χ1v) is 8.68. The van der Waals surface area contributed by atoms with E-state index in [2.05, 4.69) is 5.10 Å². The summed E-state index contributed by atoms with van der Waals surface area (Å²) in [6.45, 7) is 1.95. The lowest BCUT2D eigenvalue weighted by molar-refractivity contribution is -0.137. The number of anilines is 1. The molecule has 0 N–H and O–H groups in total. The lowest BCUT2D eigenvalue weighted by atomic mass is 9.99. The largest absolute Gasteiger partial charge is 0.462 e. The molecule has 0 aliphatic carbocycles. The van der Waals surface area contributed by atoms with Gasteiger partial charge < -0.3 is 9.64 Å². The van der Waals surface area contributed by atoms with Gasteiger partial charge in [0.05, 0.1) is 18.4 Å². The number of esters is 1. The molecule has 1 aromatic heterocycles. The van der Waals surface area contributed by atoms with Crippen molar-refractivity contribution in [3.05, 3.63) is 46.8 Å². The molecule has 0 unspecified atom stereocenters. The van der Waals surface area contributed by atoms with E-state index in [4.69, 9.17) is 4.74 Å². The smallest absolute Gasteiger partial charge is 0.416 e. The number of alkyl halides is 5. The summed E-state index contributed by atoms with van der Waals surface area (Å²) in [6.07, 6.45) is -5.35. The summed E-state index contributed by atoms with van der Waals surface area (Å²) >= 11 is 0. The Kier molecular flexibility index (Phi) is 5.57. The number of carbonyl (C=O) groups excluding carboxylic acids is 1. The molecular formula is C18H18F5N3O2. The maximum atomic E-state index is 13.5. The predicted molar refractivity (Wildman–Crippen MR) is 90.3 cm³/mol. The van der Waals surface area contributed by atoms with E-state index >= 15 is 0 Å². The highest BCUT2D eigenvalue weighted by Crippen LogP contribution is 2.35. The number of aromatic nitrogens is 2. The summed E-state index contributed by atoms with van der Waals surface area (Å²) in [5, 5.41) is 3.88. The topological polar surface area (TPSA) is 47.4 Å². The number of aryl methyl sites for hydroxylation is 1. The van der Waals surface area contributed by atoms with Crippen LogP contribution < -0.4 is 4.90 Å². The Morgan fingerprint density at radius 1 is 1.32 bits per heavy atom. The molecule has 1 aliphatic heterocycles. The molecule has 5 nitrogen and oxygen atoms in total. The van der Waals surface area contributed by atoms with E-state index in [1.807, 2.05) is 0 Å². The van der Waals surface area contributed by atoms with Crippen molar-refractivity contribution in [1.29, 1.82) is 0 Å². The van der Waals surface area contributed by atoms with E-state index in [-0.39, 0.29) is 18.8 Å². The van der Waals surface area contributed by atoms with Crippen LogP contribution in [0.2, 0.25) is 0 Å². The number of nitrogens with zero attached hydrogens (tertiary/aromatic N) is 3. The normalized spacial score (nSPS) is 14.3. The minimum atomic E-state index is -4.45. The highest BCUT2D eigenvalue weighted by atomic mass is 19.4. The number of carbonyl (C=O) groups is 1. The third-order valence-electron chi connectivity index (χ3n) is 4.51. The Balaban J connectivity index is 1.91. The summed E-state index contributed by atoms with van der Waals surface area (Å²) in [7, 11) is 0. The van der Waals surface area contributed by atoms with Crippen LogP contribution in [0, 0.1) is 0 Å². The van der Waals surface area contributed by atoms with E-state index in [1.165, 1.54) is 6.07 Å². The molecule has 0 fully saturated rings. The second-order valence-electron chi connectivity index (χ2n) is 6.31. The van der Waals surface area contributed by atoms with Crippen molar-refractivity contribution < 1.29 is 31.5 Å². The van der Waals surface area contributed by atoms with Crippen LogP contribution in [0.15, 0.2) is 24.4 Å². The molecule has 1 aromatic carbocycles. The fraction of sp³-hybridized carbons (Fsp3) is 0.444. The van der Waals surface area contributed by atoms with Crippen molar-refractivity contribution in [2.24, 2.45) is 0 Å². The molecular weight excluding hydrogens is 385 g/mol. The lowest BCUT2D eigenvalue weighted by Crippen LogP contribution is -2.33. The molecule has 152 valence electrons. The molecule has 0 spiro atoms. The van der Waals surface area contributed by atoms with Gasteiger partial charge in [0.2, 0.25) is 0 Å². The number of hydrogen-bond acceptors (Lipinski definition) is 4. The molecule has 3 rings (SSSR count). The molecule has 1 aliphatic rings. The van der Waals surface area contributed by atoms with Crippen LogP contribution in [0.4, 0.5) is 27.6 Å². The predicted octanol–water partition coefficient (Wildman–Crippen LogP) is 4.43. The van der Waals surface area contributed by atoms with Crippen molar-refractivity contribution in [2.75, 3.05) is 18.1 Å². The quantitative estimate of drug-likeness (QED) is 0.548. The Bertz CT molecular complexity index is 863. The molecule has 0 radical (unpaired) electrons. The Labute approximate surface area is 157 Å². The number of rotatable bonds is 5. The third-order valence-corrected chi connectivity index (χ3v) is 4.51. The van der Waals surface area contributed by atoms with Crippen LogP contribution in [-0.2, 0) is 24.0 Å². The van der Waals surface area contributed by atoms with Gasteiger partial charge in [-0.2, -0.15) is 18.3 Å². The van der Waals surface area contributed by atoms with Gasteiger partial charge in [-0.1, -0.05) is 0 Å². The number of ether oxygens (including phenoxy) is 1. The van der Waals surface area contributed by atoms with E-state index in [0.29, 0.717) is 30.6 Å². The van der Waals surface area contributed by atoms with Crippen molar-refractivity contribution >= 4 is 11.7 Å². The van der Waals surface area contributed by atoms with Gasteiger partial charge in [-0.25, -0.2) is 18.3 Å². The van der Waals surface area contributed by atoms with Gasteiger partial charge in [0.1, 0.15) is 17.9 Å². The average molecular weight is 403 g/mol. The summed E-state index contributed by atoms with van der Waals surface area (Å²) < 4.78 is 71.6. The van der Waals surface area contributed by atoms with Crippen LogP contribution in [-0.4, -0.2) is 28.9 Å². The Hall–Kier alpha value is -2.65. The fourth-order valence-corrected chi connectivity index (χ4v) is 3.26. The molecule has 10 heteroatoms. The van der Waals surface area contributed by atoms with E-state index in [0.717, 1.165) is 23.0 Å². The second-order valence-corrected chi connectivity index (χ2v) is 6.31. The first-order chi connectivity index (χ1) is 13.2. The second kappa shape index (κ2) is 7.76. The molecule has 0 amide bonds. The van der Waals surface area contributed by atoms with Crippen LogP contribution in [0.5, 0.6) is 0 Å². The first kappa shape index (κ1) is 20.1. The number of benzene rings is 1. The van der Waals surface area contributed by atoms with Gasteiger partial charge in [-0.05, 0) is 43.5 Å². The zero-order valence-electron chi connectivity index (χ0n) is 15.0. The Morgan fingerprint density at radius 3 is 2.71 bits per heavy atom. The molecule has 2 aromatic rings. The average Bonchev–Trinajstić information content (AvgIpc) is 3.05. The van der Waals surface area contributed by atoms with Crippen LogP contribution in [0.25, 0.3) is 0 Å². The molecule has 0 saturated carbocycles. The molecule has 2 heterocycles. The van der Waals surface area contributed by atoms with Crippen molar-refractivity contribution in [3.63, 3.8) is 0 Å². The summed E-state index contributed by atoms with van der Waals surface area (Å²) in [5.74, 6) is -0.891. The van der Waals surface area contributed by atoms with Gasteiger partial charge in [0, 0.05) is 12.2 Å². The third kappa shape index (κ3) is 3.95. The SMILES string of the molecule is CCOC(=O)c1cnn(CN2CCCc3cc(C(F)(F)F)ccc32)c1C(F)F. The number of hydrogen-bond donors (Lipinski definition) is 0. The van der Waals surface area contributed by atoms with E-state index in [1.54, 1.807) is 11.8 Å². The Morgan fingerprint density at radius 2 is 2.07 bits per heavy atom. The minimum Gasteiger partial charge on any atom is -0.462 e. The molecule has 0 bridgehead atoms. The van der Waals surface area contributed by atoms with Gasteiger partial charge in [0.15, 0.2) is 0 Å². The van der Waals surface area contributed by atoms with E-state index in [9.17, 15) is 26.7 Å². The van der Waals surface area contributed by atoms with Crippen LogP contribution in [0.3, 0.4) is 0 Å². The van der Waals surface area contributed by atoms with Gasteiger partial charge in [0.25, 0.3) is 6.43 Å². The summed E-state index contributed by atoms with van der Waals surface area (Å²) in [6, 6.07) is 3.40. The van der Waals surface area contributed by atoms with Crippen molar-refractivity contribution in [1.82, 2.24) is 9.78 Å². The summed E-state index contributed by atoms with van der Waals surface area (Å²) in [4.78, 5) is 13.5. The van der Waals surface area contributed by atoms with Crippen molar-refractivity contribution in [2.45, 2.75) is 39.0 Å². The molecule has 0 atom stereocenters. The van der Waals surface area contributed by atoms with Crippen LogP contribution in [0.1, 0.15) is 46.9 Å². The van der Waals surface area contributed by atoms with Crippen molar-refractivity contribution in [3.8, 4) is 0 Å². The maximum absolute atomic E-state index is 13.5. The van der Waals surface area contributed by atoms with Gasteiger partial charge in [-0.15, -0.1) is 0 Å². The highest BCUT2D eigenvalue weighted by Gasteiger charge is 2.32. The number of halogens is 5. The highest BCUT2D eigenvalue weighted by molar-refractivity contribution is 5.90. The van der Waals surface area contributed by atoms with Gasteiger partial charge >= 0.3 is 12.1 Å². The standard InChI is InChI=1S/C18H18F5N3O2/c1-2-28-17(27)13-9-24-26(15(13)16(19)20)10-25-7-3-4-11-8-12(18(21,22)23)5-6-14(11)25/h5-6,8-9,16H,2-4,7,10H2,1H3. The zero-order chi connectivity index (χ0) is 20.5. The first-order valence-electron chi connectivity index (χ1n) is 8.68. The van der Waals surface area contributed by atoms with Crippen LogP contribution >= 0.6 is 0 Å². The maximum Gasteiger partial charge on any atom is 0.416 e. The lowest BCUT2D eigenvalue weighted by Gasteiger charge is -2.32. The zero-order valence-corrected chi connectivity index (χ0v) is 15.0. The minimum absolute atomic E-state index is 0.0354. The monoisotopic (exact) mass is 403 g/mol. The molecule has 28 heavy (non-hydrogen) atoms.